The van der Waals surface area contributed by atoms with E-state index < -0.39 is 45.1 Å². The van der Waals surface area contributed by atoms with E-state index in [2.05, 4.69) is 10.0 Å². The molecular formula is C18H20N3O8P. The van der Waals surface area contributed by atoms with Gasteiger partial charge in [-0.15, -0.1) is 0 Å². The van der Waals surface area contributed by atoms with Gasteiger partial charge in [0.2, 0.25) is 0 Å². The van der Waals surface area contributed by atoms with Crippen LogP contribution in [0.1, 0.15) is 0 Å². The van der Waals surface area contributed by atoms with Crippen LogP contribution in [0.4, 0.5) is 0 Å². The van der Waals surface area contributed by atoms with E-state index >= 15 is 0 Å². The Morgan fingerprint density at radius 1 is 0.967 bits per heavy atom. The summed E-state index contributed by atoms with van der Waals surface area (Å²) in [6.45, 7) is -0.560. The van der Waals surface area contributed by atoms with E-state index in [1.54, 1.807) is 60.7 Å². The first-order valence-electron chi connectivity index (χ1n) is 8.89. The zero-order valence-corrected chi connectivity index (χ0v) is 16.4. The Kier molecular flexibility index (Phi) is 7.30. The smallest absolute Gasteiger partial charge is 0.395 e. The highest BCUT2D eigenvalue weighted by Crippen LogP contribution is 2.50. The van der Waals surface area contributed by atoms with Crippen molar-refractivity contribution in [2.45, 2.75) is 30.6 Å². The predicted molar refractivity (Wildman–Crippen MR) is 104 cm³/mol. The lowest BCUT2D eigenvalue weighted by Crippen LogP contribution is -2.57. The van der Waals surface area contributed by atoms with Crippen molar-refractivity contribution in [1.29, 1.82) is 0 Å². The quantitative estimate of drug-likeness (QED) is 0.245. The van der Waals surface area contributed by atoms with E-state index in [0.29, 0.717) is 0 Å². The summed E-state index contributed by atoms with van der Waals surface area (Å²) in [6.07, 6.45) is -6.21. The van der Waals surface area contributed by atoms with Crippen molar-refractivity contribution in [2.24, 2.45) is 5.11 Å². The molecule has 0 saturated carbocycles. The van der Waals surface area contributed by atoms with Gasteiger partial charge in [0, 0.05) is 4.91 Å². The summed E-state index contributed by atoms with van der Waals surface area (Å²) in [7, 11) is -4.26. The Morgan fingerprint density at radius 3 is 2.00 bits per heavy atom. The van der Waals surface area contributed by atoms with Crippen LogP contribution in [0.3, 0.4) is 0 Å². The van der Waals surface area contributed by atoms with Gasteiger partial charge in [0.05, 0.1) is 12.7 Å². The molecule has 0 unspecified atom stereocenters. The lowest BCUT2D eigenvalue weighted by Gasteiger charge is -2.38. The summed E-state index contributed by atoms with van der Waals surface area (Å²) in [6, 6.07) is 14.9. The molecule has 2 aromatic rings. The Morgan fingerprint density at radius 2 is 1.50 bits per heavy atom. The molecule has 1 saturated heterocycles. The number of hydrogen-bond acceptors (Lipinski definition) is 9. The third-order valence-corrected chi connectivity index (χ3v) is 5.52. The molecule has 0 spiro atoms. The Balaban J connectivity index is 1.74. The number of phosphoric acid groups is 1. The number of azide groups is 1. The lowest BCUT2D eigenvalue weighted by atomic mass is 9.98. The van der Waals surface area contributed by atoms with Crippen LogP contribution in [-0.4, -0.2) is 52.6 Å². The standard InChI is InChI=1S/C18H20N3O8P/c19-21-20-15-17(23)16(22)14(27-18(15)24)11-26-30(25,28-12-7-3-1-4-8-12)29-13-9-5-2-6-10-13/h1-10,14-18,22-24H,11H2/t14-,15-,16-,17-,18+/m1/s1. The summed E-state index contributed by atoms with van der Waals surface area (Å²) in [5.41, 5.74) is 8.50. The third kappa shape index (κ3) is 5.50. The molecule has 0 amide bonds. The Labute approximate surface area is 171 Å². The number of phosphoric ester groups is 1. The molecule has 0 aromatic heterocycles. The molecule has 2 aromatic carbocycles. The fourth-order valence-electron chi connectivity index (χ4n) is 2.71. The fraction of sp³-hybridized carbons (Fsp3) is 0.333. The molecule has 0 bridgehead atoms. The van der Waals surface area contributed by atoms with Crippen molar-refractivity contribution in [3.8, 4) is 11.5 Å². The molecule has 0 aliphatic carbocycles. The average molecular weight is 437 g/mol. The van der Waals surface area contributed by atoms with Gasteiger partial charge < -0.3 is 29.1 Å². The molecule has 0 radical (unpaired) electrons. The van der Waals surface area contributed by atoms with Crippen LogP contribution in [0.25, 0.3) is 10.4 Å². The largest absolute Gasteiger partial charge is 0.587 e. The topological polar surface area (TPSA) is 163 Å². The van der Waals surface area contributed by atoms with Gasteiger partial charge in [0.25, 0.3) is 0 Å². The highest BCUT2D eigenvalue weighted by atomic mass is 31.2. The summed E-state index contributed by atoms with van der Waals surface area (Å²) in [4.78, 5) is 2.50. The molecule has 12 heteroatoms. The van der Waals surface area contributed by atoms with Crippen molar-refractivity contribution < 1.29 is 38.2 Å². The van der Waals surface area contributed by atoms with Gasteiger partial charge in [0.1, 0.15) is 29.7 Å². The van der Waals surface area contributed by atoms with Gasteiger partial charge in [-0.1, -0.05) is 41.5 Å². The molecule has 160 valence electrons. The SMILES string of the molecule is [N-]=[N+]=N[C@@H]1[C@@H](O)[C@H](O)[C@@H](COP(=O)(Oc2ccccc2)Oc2ccccc2)O[C@@H]1O. The fourth-order valence-corrected chi connectivity index (χ4v) is 3.94. The summed E-state index contributed by atoms with van der Waals surface area (Å²) in [5, 5.41) is 33.4. The number of aliphatic hydroxyl groups excluding tert-OH is 3. The highest BCUT2D eigenvalue weighted by molar-refractivity contribution is 7.49. The number of hydrogen-bond donors (Lipinski definition) is 3. The normalized spacial score (nSPS) is 26.4. The predicted octanol–water partition coefficient (Wildman–Crippen LogP) is 2.39. The average Bonchev–Trinajstić information content (AvgIpc) is 2.74. The van der Waals surface area contributed by atoms with Gasteiger partial charge in [-0.2, -0.15) is 0 Å². The van der Waals surface area contributed by atoms with Gasteiger partial charge in [-0.3, -0.25) is 4.52 Å². The highest BCUT2D eigenvalue weighted by Gasteiger charge is 2.45. The van der Waals surface area contributed by atoms with E-state index in [1.165, 1.54) is 0 Å². The van der Waals surface area contributed by atoms with Crippen LogP contribution >= 0.6 is 7.82 Å². The minimum absolute atomic E-state index is 0.213. The Bertz CT molecular complexity index is 867. The number of benzene rings is 2. The van der Waals surface area contributed by atoms with Crippen molar-refractivity contribution in [2.75, 3.05) is 6.61 Å². The number of rotatable bonds is 8. The van der Waals surface area contributed by atoms with E-state index in [-0.39, 0.29) is 11.5 Å². The summed E-state index contributed by atoms with van der Waals surface area (Å²) >= 11 is 0. The first-order chi connectivity index (χ1) is 14.4. The second-order valence-electron chi connectivity index (χ2n) is 6.29. The minimum atomic E-state index is -4.26. The maximum absolute atomic E-state index is 13.2. The zero-order valence-electron chi connectivity index (χ0n) is 15.5. The molecule has 5 atom stereocenters. The third-order valence-electron chi connectivity index (χ3n) is 4.19. The van der Waals surface area contributed by atoms with Crippen molar-refractivity contribution in [3.05, 3.63) is 71.1 Å². The van der Waals surface area contributed by atoms with Crippen molar-refractivity contribution in [3.63, 3.8) is 0 Å². The first kappa shape index (κ1) is 22.1. The maximum Gasteiger partial charge on any atom is 0.587 e. The van der Waals surface area contributed by atoms with Gasteiger partial charge in [-0.05, 0) is 29.8 Å². The molecule has 1 aliphatic rings. The monoisotopic (exact) mass is 437 g/mol. The minimum Gasteiger partial charge on any atom is -0.395 e. The lowest BCUT2D eigenvalue weighted by molar-refractivity contribution is -0.247. The zero-order chi connectivity index (χ0) is 21.6. The van der Waals surface area contributed by atoms with Crippen LogP contribution in [-0.2, 0) is 13.8 Å². The number of para-hydroxylation sites is 2. The second-order valence-corrected chi connectivity index (χ2v) is 7.81. The molecule has 1 aliphatic heterocycles. The van der Waals surface area contributed by atoms with Crippen LogP contribution < -0.4 is 9.05 Å². The summed E-state index contributed by atoms with van der Waals surface area (Å²) < 4.78 is 34.6. The van der Waals surface area contributed by atoms with Crippen LogP contribution in [0.2, 0.25) is 0 Å². The second kappa shape index (κ2) is 9.92. The molecule has 3 N–H and O–H groups in total. The van der Waals surface area contributed by atoms with Crippen molar-refractivity contribution >= 4 is 7.82 Å². The summed E-state index contributed by atoms with van der Waals surface area (Å²) in [5.74, 6) is 0.427. The van der Waals surface area contributed by atoms with E-state index in [4.69, 9.17) is 23.8 Å². The molecule has 11 nitrogen and oxygen atoms in total. The number of aliphatic hydroxyl groups is 3. The molecule has 30 heavy (non-hydrogen) atoms. The van der Waals surface area contributed by atoms with E-state index in [0.717, 1.165) is 0 Å². The van der Waals surface area contributed by atoms with E-state index in [9.17, 15) is 19.9 Å². The first-order valence-corrected chi connectivity index (χ1v) is 10.4. The van der Waals surface area contributed by atoms with Crippen LogP contribution in [0, 0.1) is 0 Å². The van der Waals surface area contributed by atoms with E-state index in [1.807, 2.05) is 0 Å². The van der Waals surface area contributed by atoms with Gasteiger partial charge in [-0.25, -0.2) is 4.57 Å². The van der Waals surface area contributed by atoms with Crippen LogP contribution in [0.15, 0.2) is 65.8 Å². The Hall–Kier alpha value is -2.62. The maximum atomic E-state index is 13.2. The van der Waals surface area contributed by atoms with Crippen LogP contribution in [0.5, 0.6) is 11.5 Å². The number of nitrogens with zero attached hydrogens (tertiary/aromatic N) is 3. The molecular weight excluding hydrogens is 417 g/mol. The number of ether oxygens (including phenoxy) is 1. The molecule has 3 rings (SSSR count). The van der Waals surface area contributed by atoms with Gasteiger partial charge >= 0.3 is 7.82 Å². The molecule has 1 fully saturated rings. The van der Waals surface area contributed by atoms with Crippen molar-refractivity contribution in [1.82, 2.24) is 0 Å². The molecule has 1 heterocycles. The van der Waals surface area contributed by atoms with Gasteiger partial charge in [0.15, 0.2) is 6.29 Å².